The minimum atomic E-state index is -3.45. The van der Waals surface area contributed by atoms with Crippen LogP contribution in [0.1, 0.15) is 39.5 Å². The topological polar surface area (TPSA) is 66.5 Å². The number of rotatable bonds is 4. The number of piperidine rings is 1. The fraction of sp³-hybridized carbons (Fsp3) is 0.588. The number of carbonyl (C=O) groups is 1. The van der Waals surface area contributed by atoms with E-state index in [2.05, 4.69) is 12.2 Å². The zero-order chi connectivity index (χ0) is 16.6. The summed E-state index contributed by atoms with van der Waals surface area (Å²) in [6.45, 7) is 4.60. The summed E-state index contributed by atoms with van der Waals surface area (Å²) in [4.78, 5) is 12.2. The highest BCUT2D eigenvalue weighted by Gasteiger charge is 2.39. The summed E-state index contributed by atoms with van der Waals surface area (Å²) >= 11 is 0. The maximum atomic E-state index is 12.7. The standard InChI is InChI=1S/C17H24N2O3S/c1-12-11-16(12)17(20)18-14-6-8-15(9-7-14)23(21,22)19-10-4-3-5-13(19)2/h6-9,12-13,16H,3-5,10-11H2,1-2H3,(H,18,20)/t12-,13-,16+/m0/s1. The zero-order valence-corrected chi connectivity index (χ0v) is 14.5. The number of hydrogen-bond acceptors (Lipinski definition) is 3. The van der Waals surface area contributed by atoms with Crippen LogP contribution in [0.15, 0.2) is 29.2 Å². The van der Waals surface area contributed by atoms with Crippen molar-refractivity contribution in [1.29, 1.82) is 0 Å². The second-order valence-corrected chi connectivity index (χ2v) is 8.68. The molecule has 23 heavy (non-hydrogen) atoms. The molecule has 1 aliphatic carbocycles. The van der Waals surface area contributed by atoms with E-state index in [0.29, 0.717) is 23.0 Å². The van der Waals surface area contributed by atoms with Crippen LogP contribution in [0.2, 0.25) is 0 Å². The first kappa shape index (κ1) is 16.5. The van der Waals surface area contributed by atoms with Gasteiger partial charge >= 0.3 is 0 Å². The zero-order valence-electron chi connectivity index (χ0n) is 13.7. The minimum absolute atomic E-state index is 0.0257. The highest BCUT2D eigenvalue weighted by Crippen LogP contribution is 2.38. The molecule has 3 rings (SSSR count). The lowest BCUT2D eigenvalue weighted by Gasteiger charge is -2.32. The van der Waals surface area contributed by atoms with Gasteiger partial charge in [-0.2, -0.15) is 4.31 Å². The molecule has 2 fully saturated rings. The van der Waals surface area contributed by atoms with Gasteiger partial charge in [-0.1, -0.05) is 13.3 Å². The molecule has 0 spiro atoms. The summed E-state index contributed by atoms with van der Waals surface area (Å²) < 4.78 is 27.1. The van der Waals surface area contributed by atoms with E-state index in [-0.39, 0.29) is 17.9 Å². The van der Waals surface area contributed by atoms with Crippen LogP contribution in [0.5, 0.6) is 0 Å². The summed E-state index contributed by atoms with van der Waals surface area (Å²) in [5.41, 5.74) is 0.653. The van der Waals surface area contributed by atoms with Gasteiger partial charge in [0.2, 0.25) is 15.9 Å². The predicted octanol–water partition coefficient (Wildman–Crippen LogP) is 2.84. The summed E-state index contributed by atoms with van der Waals surface area (Å²) in [5, 5.41) is 2.85. The van der Waals surface area contributed by atoms with Crippen molar-refractivity contribution in [3.63, 3.8) is 0 Å². The Kier molecular flexibility index (Phi) is 4.47. The Bertz CT molecular complexity index is 684. The molecule has 1 amide bonds. The van der Waals surface area contributed by atoms with Crippen LogP contribution < -0.4 is 5.32 Å². The van der Waals surface area contributed by atoms with Gasteiger partial charge in [-0.3, -0.25) is 4.79 Å². The summed E-state index contributed by atoms with van der Waals surface area (Å²) in [6.07, 6.45) is 3.84. The third-order valence-corrected chi connectivity index (χ3v) is 6.94. The third kappa shape index (κ3) is 3.43. The molecule has 1 saturated heterocycles. The Morgan fingerprint density at radius 1 is 1.17 bits per heavy atom. The van der Waals surface area contributed by atoms with Crippen LogP contribution in [0.25, 0.3) is 0 Å². The smallest absolute Gasteiger partial charge is 0.243 e. The molecule has 126 valence electrons. The molecule has 1 aromatic carbocycles. The SMILES string of the molecule is C[C@H]1C[C@H]1C(=O)Nc1ccc(S(=O)(=O)N2CCCC[C@@H]2C)cc1. The lowest BCUT2D eigenvalue weighted by Crippen LogP contribution is -2.41. The number of amides is 1. The molecule has 2 aliphatic rings. The van der Waals surface area contributed by atoms with E-state index in [4.69, 9.17) is 0 Å². The molecule has 5 nitrogen and oxygen atoms in total. The number of nitrogens with one attached hydrogen (secondary N) is 1. The summed E-state index contributed by atoms with van der Waals surface area (Å²) in [6, 6.07) is 6.56. The van der Waals surface area contributed by atoms with E-state index >= 15 is 0 Å². The molecular formula is C17H24N2O3S. The Balaban J connectivity index is 1.72. The minimum Gasteiger partial charge on any atom is -0.326 e. The first-order chi connectivity index (χ1) is 10.9. The van der Waals surface area contributed by atoms with Gasteiger partial charge in [0.05, 0.1) is 4.90 Å². The normalized spacial score (nSPS) is 28.3. The molecule has 0 unspecified atom stereocenters. The van der Waals surface area contributed by atoms with Gasteiger partial charge < -0.3 is 5.32 Å². The number of benzene rings is 1. The molecule has 1 aliphatic heterocycles. The van der Waals surface area contributed by atoms with Gasteiger partial charge in [0, 0.05) is 24.2 Å². The first-order valence-electron chi connectivity index (χ1n) is 8.32. The van der Waals surface area contributed by atoms with Crippen molar-refractivity contribution in [2.45, 2.75) is 50.5 Å². The van der Waals surface area contributed by atoms with Gasteiger partial charge in [0.15, 0.2) is 0 Å². The maximum Gasteiger partial charge on any atom is 0.243 e. The van der Waals surface area contributed by atoms with E-state index in [1.807, 2.05) is 6.92 Å². The predicted molar refractivity (Wildman–Crippen MR) is 89.5 cm³/mol. The van der Waals surface area contributed by atoms with Crippen LogP contribution in [-0.4, -0.2) is 31.2 Å². The Hall–Kier alpha value is -1.40. The fourth-order valence-electron chi connectivity index (χ4n) is 3.20. The molecule has 0 bridgehead atoms. The highest BCUT2D eigenvalue weighted by atomic mass is 32.2. The summed E-state index contributed by atoms with van der Waals surface area (Å²) in [5.74, 6) is 0.584. The van der Waals surface area contributed by atoms with E-state index in [0.717, 1.165) is 25.7 Å². The molecule has 1 aromatic rings. The van der Waals surface area contributed by atoms with Crippen molar-refractivity contribution in [1.82, 2.24) is 4.31 Å². The fourth-order valence-corrected chi connectivity index (χ4v) is 4.90. The first-order valence-corrected chi connectivity index (χ1v) is 9.76. The molecule has 1 N–H and O–H groups in total. The second kappa shape index (κ2) is 6.24. The largest absolute Gasteiger partial charge is 0.326 e. The molecule has 0 radical (unpaired) electrons. The van der Waals surface area contributed by atoms with Crippen molar-refractivity contribution in [2.75, 3.05) is 11.9 Å². The van der Waals surface area contributed by atoms with Gasteiger partial charge in [0.1, 0.15) is 0 Å². The quantitative estimate of drug-likeness (QED) is 0.919. The number of anilines is 1. The van der Waals surface area contributed by atoms with Gasteiger partial charge in [-0.05, 0) is 56.4 Å². The van der Waals surface area contributed by atoms with Gasteiger partial charge in [-0.15, -0.1) is 0 Å². The van der Waals surface area contributed by atoms with Crippen molar-refractivity contribution < 1.29 is 13.2 Å². The third-order valence-electron chi connectivity index (χ3n) is 4.92. The number of sulfonamides is 1. The van der Waals surface area contributed by atoms with Crippen LogP contribution in [-0.2, 0) is 14.8 Å². The molecular weight excluding hydrogens is 312 g/mol. The average Bonchev–Trinajstić information content (AvgIpc) is 3.25. The van der Waals surface area contributed by atoms with Gasteiger partial charge in [-0.25, -0.2) is 8.42 Å². The monoisotopic (exact) mass is 336 g/mol. The van der Waals surface area contributed by atoms with Crippen molar-refractivity contribution in [3.8, 4) is 0 Å². The Morgan fingerprint density at radius 3 is 2.39 bits per heavy atom. The molecule has 6 heteroatoms. The number of carbonyl (C=O) groups excluding carboxylic acids is 1. The lowest BCUT2D eigenvalue weighted by atomic mass is 10.1. The van der Waals surface area contributed by atoms with Gasteiger partial charge in [0.25, 0.3) is 0 Å². The van der Waals surface area contributed by atoms with E-state index in [1.54, 1.807) is 28.6 Å². The average molecular weight is 336 g/mol. The molecule has 1 heterocycles. The number of nitrogens with zero attached hydrogens (tertiary/aromatic N) is 1. The van der Waals surface area contributed by atoms with Crippen LogP contribution in [0.4, 0.5) is 5.69 Å². The van der Waals surface area contributed by atoms with E-state index in [9.17, 15) is 13.2 Å². The summed E-state index contributed by atoms with van der Waals surface area (Å²) in [7, 11) is -3.45. The van der Waals surface area contributed by atoms with Crippen molar-refractivity contribution in [3.05, 3.63) is 24.3 Å². The highest BCUT2D eigenvalue weighted by molar-refractivity contribution is 7.89. The molecule has 0 aromatic heterocycles. The van der Waals surface area contributed by atoms with Crippen LogP contribution >= 0.6 is 0 Å². The van der Waals surface area contributed by atoms with Crippen LogP contribution in [0.3, 0.4) is 0 Å². The number of hydrogen-bond donors (Lipinski definition) is 1. The Morgan fingerprint density at radius 2 is 1.83 bits per heavy atom. The van der Waals surface area contributed by atoms with Crippen LogP contribution in [0, 0.1) is 11.8 Å². The van der Waals surface area contributed by atoms with E-state index < -0.39 is 10.0 Å². The molecule has 3 atom stereocenters. The maximum absolute atomic E-state index is 12.7. The van der Waals surface area contributed by atoms with Crippen molar-refractivity contribution in [2.24, 2.45) is 11.8 Å². The van der Waals surface area contributed by atoms with E-state index in [1.165, 1.54) is 0 Å². The van der Waals surface area contributed by atoms with Crippen molar-refractivity contribution >= 4 is 21.6 Å². The second-order valence-electron chi connectivity index (χ2n) is 6.79. The molecule has 1 saturated carbocycles. The Labute approximate surface area is 138 Å². The lowest BCUT2D eigenvalue weighted by molar-refractivity contribution is -0.117.